The molecule has 0 aromatic rings. The van der Waals surface area contributed by atoms with Gasteiger partial charge in [0.15, 0.2) is 0 Å². The molecule has 0 fully saturated rings. The highest BCUT2D eigenvalue weighted by Gasteiger charge is 2.07. The van der Waals surface area contributed by atoms with Crippen LogP contribution in [-0.4, -0.2) is 12.3 Å². The highest BCUT2D eigenvalue weighted by atomic mass is 14.8. The van der Waals surface area contributed by atoms with Crippen molar-refractivity contribution >= 4 is 6.21 Å². The topological polar surface area (TPSA) is 14.0 Å². The Labute approximate surface area is 38.1 Å². The van der Waals surface area contributed by atoms with Crippen LogP contribution < -0.4 is 4.99 Å². The van der Waals surface area contributed by atoms with Gasteiger partial charge in [-0.2, -0.15) is 0 Å². The molecule has 1 unspecified atom stereocenters. The number of hydrogen-bond acceptors (Lipinski definition) is 0. The second-order valence-electron chi connectivity index (χ2n) is 1.85. The Bertz CT molecular complexity index is 66.3. The van der Waals surface area contributed by atoms with Gasteiger partial charge in [-0.3, -0.25) is 0 Å². The Morgan fingerprint density at radius 1 is 1.83 bits per heavy atom. The SMILES string of the molecule is CC1CCC=[NH+]1. The molecule has 0 aromatic carbocycles. The quantitative estimate of drug-likeness (QED) is 0.400. The first kappa shape index (κ1) is 3.85. The number of rotatable bonds is 0. The van der Waals surface area contributed by atoms with Crippen molar-refractivity contribution in [1.82, 2.24) is 0 Å². The van der Waals surface area contributed by atoms with E-state index in [0.29, 0.717) is 0 Å². The largest absolute Gasteiger partial charge is 0.249 e. The molecule has 1 aliphatic rings. The van der Waals surface area contributed by atoms with Gasteiger partial charge in [-0.15, -0.1) is 0 Å². The summed E-state index contributed by atoms with van der Waals surface area (Å²) in [4.78, 5) is 3.19. The summed E-state index contributed by atoms with van der Waals surface area (Å²) in [7, 11) is 0. The van der Waals surface area contributed by atoms with Crippen LogP contribution in [0.3, 0.4) is 0 Å². The van der Waals surface area contributed by atoms with E-state index in [1.807, 2.05) is 0 Å². The molecule has 1 N–H and O–H groups in total. The number of nitrogens with one attached hydrogen (secondary N) is 1. The predicted octanol–water partition coefficient (Wildman–Crippen LogP) is -0.680. The maximum Gasteiger partial charge on any atom is 0.148 e. The molecule has 1 aliphatic heterocycles. The van der Waals surface area contributed by atoms with Crippen molar-refractivity contribution in [3.8, 4) is 0 Å². The molecule has 0 amide bonds. The molecule has 1 atom stereocenters. The molecule has 0 radical (unpaired) electrons. The summed E-state index contributed by atoms with van der Waals surface area (Å²) in [5.41, 5.74) is 0. The summed E-state index contributed by atoms with van der Waals surface area (Å²) in [6.45, 7) is 2.20. The van der Waals surface area contributed by atoms with Gasteiger partial charge in [0.2, 0.25) is 0 Å². The molecule has 0 aromatic heterocycles. The summed E-state index contributed by atoms with van der Waals surface area (Å²) in [5, 5.41) is 0. The van der Waals surface area contributed by atoms with Crippen molar-refractivity contribution in [2.45, 2.75) is 25.8 Å². The van der Waals surface area contributed by atoms with Crippen molar-refractivity contribution in [2.75, 3.05) is 0 Å². The third-order valence-electron chi connectivity index (χ3n) is 1.15. The Hall–Kier alpha value is -0.330. The average Bonchev–Trinajstić information content (AvgIpc) is 1.86. The molecule has 0 bridgehead atoms. The lowest BCUT2D eigenvalue weighted by Gasteiger charge is -1.82. The molecule has 0 aliphatic carbocycles. The van der Waals surface area contributed by atoms with Gasteiger partial charge < -0.3 is 0 Å². The van der Waals surface area contributed by atoms with Gasteiger partial charge in [0, 0.05) is 12.8 Å². The van der Waals surface area contributed by atoms with Crippen molar-refractivity contribution in [3.05, 3.63) is 0 Å². The smallest absolute Gasteiger partial charge is 0.148 e. The molecule has 0 saturated carbocycles. The minimum atomic E-state index is 0.741. The second kappa shape index (κ2) is 1.41. The van der Waals surface area contributed by atoms with Crippen LogP contribution >= 0.6 is 0 Å². The lowest BCUT2D eigenvalue weighted by atomic mass is 10.2. The molecule has 0 saturated heterocycles. The average molecular weight is 84.1 g/mol. The Kier molecular flexibility index (Phi) is 0.906. The van der Waals surface area contributed by atoms with Crippen LogP contribution in [0.25, 0.3) is 0 Å². The molecular formula is C5H10N+. The van der Waals surface area contributed by atoms with E-state index in [1.54, 1.807) is 0 Å². The van der Waals surface area contributed by atoms with Crippen molar-refractivity contribution in [2.24, 2.45) is 0 Å². The Morgan fingerprint density at radius 3 is 2.83 bits per heavy atom. The van der Waals surface area contributed by atoms with Gasteiger partial charge in [0.05, 0.1) is 0 Å². The molecule has 34 valence electrons. The fourth-order valence-corrected chi connectivity index (χ4v) is 0.701. The van der Waals surface area contributed by atoms with Gasteiger partial charge in [-0.05, 0) is 6.92 Å². The van der Waals surface area contributed by atoms with E-state index in [2.05, 4.69) is 18.1 Å². The van der Waals surface area contributed by atoms with Gasteiger partial charge in [-0.1, -0.05) is 0 Å². The van der Waals surface area contributed by atoms with E-state index in [9.17, 15) is 0 Å². The van der Waals surface area contributed by atoms with E-state index < -0.39 is 0 Å². The lowest BCUT2D eigenvalue weighted by molar-refractivity contribution is -0.483. The standard InChI is InChI=1S/C5H9N/c1-5-3-2-4-6-5/h4-5H,2-3H2,1H3/p+1. The molecule has 1 rings (SSSR count). The van der Waals surface area contributed by atoms with Crippen LogP contribution in [0.4, 0.5) is 0 Å². The van der Waals surface area contributed by atoms with Crippen molar-refractivity contribution < 1.29 is 4.99 Å². The summed E-state index contributed by atoms with van der Waals surface area (Å²) in [6.07, 6.45) is 4.70. The zero-order valence-electron chi connectivity index (χ0n) is 4.07. The Balaban J connectivity index is 2.38. The fourth-order valence-electron chi connectivity index (χ4n) is 0.701. The van der Waals surface area contributed by atoms with E-state index in [4.69, 9.17) is 0 Å². The lowest BCUT2D eigenvalue weighted by Crippen LogP contribution is -2.71. The first-order valence-corrected chi connectivity index (χ1v) is 2.47. The van der Waals surface area contributed by atoms with E-state index in [1.165, 1.54) is 12.8 Å². The molecule has 1 heteroatoms. The molecule has 6 heavy (non-hydrogen) atoms. The maximum atomic E-state index is 3.19. The third-order valence-corrected chi connectivity index (χ3v) is 1.15. The molecule has 1 nitrogen and oxygen atoms in total. The summed E-state index contributed by atoms with van der Waals surface area (Å²) >= 11 is 0. The minimum absolute atomic E-state index is 0.741. The molecule has 0 spiro atoms. The minimum Gasteiger partial charge on any atom is -0.249 e. The first-order chi connectivity index (χ1) is 2.89. The molecular weight excluding hydrogens is 74.1 g/mol. The van der Waals surface area contributed by atoms with Gasteiger partial charge in [-0.25, -0.2) is 4.99 Å². The van der Waals surface area contributed by atoms with Crippen molar-refractivity contribution in [1.29, 1.82) is 0 Å². The van der Waals surface area contributed by atoms with Crippen LogP contribution in [0, 0.1) is 0 Å². The van der Waals surface area contributed by atoms with Crippen LogP contribution in [-0.2, 0) is 0 Å². The summed E-state index contributed by atoms with van der Waals surface area (Å²) in [5.74, 6) is 0. The van der Waals surface area contributed by atoms with E-state index in [0.717, 1.165) is 6.04 Å². The van der Waals surface area contributed by atoms with Crippen LogP contribution in [0.2, 0.25) is 0 Å². The van der Waals surface area contributed by atoms with Gasteiger partial charge in [0.25, 0.3) is 0 Å². The van der Waals surface area contributed by atoms with E-state index >= 15 is 0 Å². The number of hydrogen-bond donors (Lipinski definition) is 1. The third kappa shape index (κ3) is 0.588. The second-order valence-corrected chi connectivity index (χ2v) is 1.85. The molecule has 1 heterocycles. The Morgan fingerprint density at radius 2 is 2.67 bits per heavy atom. The zero-order valence-corrected chi connectivity index (χ0v) is 4.07. The van der Waals surface area contributed by atoms with Crippen molar-refractivity contribution in [3.63, 3.8) is 0 Å². The van der Waals surface area contributed by atoms with Crippen LogP contribution in [0.15, 0.2) is 0 Å². The van der Waals surface area contributed by atoms with Crippen LogP contribution in [0.1, 0.15) is 19.8 Å². The first-order valence-electron chi connectivity index (χ1n) is 2.47. The van der Waals surface area contributed by atoms with Gasteiger partial charge in [0.1, 0.15) is 12.3 Å². The zero-order chi connectivity index (χ0) is 4.41. The maximum absolute atomic E-state index is 3.19. The highest BCUT2D eigenvalue weighted by Crippen LogP contribution is 1.89. The summed E-state index contributed by atoms with van der Waals surface area (Å²) in [6, 6.07) is 0.741. The van der Waals surface area contributed by atoms with Crippen LogP contribution in [0.5, 0.6) is 0 Å². The fraction of sp³-hybridized carbons (Fsp3) is 0.800. The summed E-state index contributed by atoms with van der Waals surface area (Å²) < 4.78 is 0. The predicted molar refractivity (Wildman–Crippen MR) is 25.7 cm³/mol. The van der Waals surface area contributed by atoms with E-state index in [-0.39, 0.29) is 0 Å². The monoisotopic (exact) mass is 84.1 g/mol. The highest BCUT2D eigenvalue weighted by molar-refractivity contribution is 5.51. The normalized spacial score (nSPS) is 31.8. The van der Waals surface area contributed by atoms with Gasteiger partial charge >= 0.3 is 0 Å².